The van der Waals surface area contributed by atoms with Crippen molar-refractivity contribution in [2.45, 2.75) is 26.2 Å². The van der Waals surface area contributed by atoms with E-state index in [0.717, 1.165) is 11.1 Å². The Balaban J connectivity index is 1.93. The molecule has 0 bridgehead atoms. The first-order chi connectivity index (χ1) is 11.0. The number of hydrogen-bond donors (Lipinski definition) is 2. The molecular formula is C17H17N3O3. The number of aryl methyl sites for hydroxylation is 2. The number of fused-ring (bicyclic) bond motifs is 1. The minimum Gasteiger partial charge on any atom is -0.326 e. The fraction of sp³-hybridized carbons (Fsp3) is 0.235. The molecule has 1 aliphatic rings. The molecule has 1 aromatic carbocycles. The number of benzene rings is 1. The largest absolute Gasteiger partial charge is 0.326 e. The summed E-state index contributed by atoms with van der Waals surface area (Å²) in [5.41, 5.74) is 5.18. The highest BCUT2D eigenvalue weighted by atomic mass is 16.2. The van der Waals surface area contributed by atoms with Crippen LogP contribution in [-0.4, -0.2) is 16.5 Å². The highest BCUT2D eigenvalue weighted by molar-refractivity contribution is 6.03. The summed E-state index contributed by atoms with van der Waals surface area (Å²) in [4.78, 5) is 36.5. The van der Waals surface area contributed by atoms with E-state index in [1.807, 2.05) is 25.1 Å². The van der Waals surface area contributed by atoms with Crippen LogP contribution in [0.25, 0.3) is 0 Å². The lowest BCUT2D eigenvalue weighted by Gasteiger charge is -2.25. The number of nitrogens with one attached hydrogen (secondary N) is 2. The molecule has 118 valence electrons. The van der Waals surface area contributed by atoms with E-state index < -0.39 is 5.92 Å². The molecule has 1 aromatic heterocycles. The van der Waals surface area contributed by atoms with Crippen molar-refractivity contribution < 1.29 is 9.59 Å². The second kappa shape index (κ2) is 5.72. The molecule has 1 aliphatic heterocycles. The molecule has 0 saturated carbocycles. The number of amides is 2. The molecule has 0 spiro atoms. The summed E-state index contributed by atoms with van der Waals surface area (Å²) in [5, 5.41) is 2.75. The quantitative estimate of drug-likeness (QED) is 0.885. The van der Waals surface area contributed by atoms with E-state index in [0.29, 0.717) is 11.4 Å². The van der Waals surface area contributed by atoms with Crippen molar-refractivity contribution in [2.75, 3.05) is 10.7 Å². The first-order valence-corrected chi connectivity index (χ1v) is 7.35. The van der Waals surface area contributed by atoms with Crippen LogP contribution < -0.4 is 16.3 Å². The minimum atomic E-state index is -0.618. The van der Waals surface area contributed by atoms with Crippen molar-refractivity contribution in [3.8, 4) is 0 Å². The van der Waals surface area contributed by atoms with Gasteiger partial charge in [-0.2, -0.15) is 0 Å². The molecule has 2 aromatic rings. The monoisotopic (exact) mass is 311 g/mol. The van der Waals surface area contributed by atoms with E-state index in [1.165, 1.54) is 10.7 Å². The standard InChI is InChI=1S/C17H17N3O3/c1-10-7-11(2)20(16(22)8-10)19-17(23)13-9-15(21)18-14-6-4-3-5-12(13)14/h3-8,13H,9H2,1-2H3,(H,18,21)(H,19,23)/t13-/m0/s1. The Morgan fingerprint density at radius 3 is 2.70 bits per heavy atom. The average molecular weight is 311 g/mol. The minimum absolute atomic E-state index is 0.0580. The fourth-order valence-electron chi connectivity index (χ4n) is 2.85. The predicted molar refractivity (Wildman–Crippen MR) is 87.0 cm³/mol. The van der Waals surface area contributed by atoms with Crippen molar-refractivity contribution in [2.24, 2.45) is 0 Å². The van der Waals surface area contributed by atoms with Crippen LogP contribution in [0.4, 0.5) is 5.69 Å². The molecule has 0 aliphatic carbocycles. The van der Waals surface area contributed by atoms with Gasteiger partial charge in [-0.15, -0.1) is 0 Å². The fourth-order valence-corrected chi connectivity index (χ4v) is 2.85. The van der Waals surface area contributed by atoms with Crippen LogP contribution in [0.1, 0.15) is 29.2 Å². The highest BCUT2D eigenvalue weighted by Gasteiger charge is 2.30. The second-order valence-electron chi connectivity index (χ2n) is 5.72. The number of anilines is 1. The maximum Gasteiger partial charge on any atom is 0.269 e. The number of aromatic nitrogens is 1. The molecular weight excluding hydrogens is 294 g/mol. The Morgan fingerprint density at radius 2 is 1.96 bits per heavy atom. The molecule has 23 heavy (non-hydrogen) atoms. The zero-order valence-electron chi connectivity index (χ0n) is 12.9. The van der Waals surface area contributed by atoms with Gasteiger partial charge in [-0.05, 0) is 37.1 Å². The van der Waals surface area contributed by atoms with E-state index >= 15 is 0 Å². The van der Waals surface area contributed by atoms with Gasteiger partial charge in [0.05, 0.1) is 5.92 Å². The first-order valence-electron chi connectivity index (χ1n) is 7.35. The molecule has 6 heteroatoms. The van der Waals surface area contributed by atoms with Crippen LogP contribution >= 0.6 is 0 Å². The summed E-state index contributed by atoms with van der Waals surface area (Å²) in [7, 11) is 0. The smallest absolute Gasteiger partial charge is 0.269 e. The second-order valence-corrected chi connectivity index (χ2v) is 5.72. The number of rotatable bonds is 2. The Morgan fingerprint density at radius 1 is 1.22 bits per heavy atom. The van der Waals surface area contributed by atoms with Gasteiger partial charge in [-0.25, -0.2) is 4.68 Å². The van der Waals surface area contributed by atoms with Crippen LogP contribution in [0.3, 0.4) is 0 Å². The Hall–Kier alpha value is -2.89. The van der Waals surface area contributed by atoms with Crippen LogP contribution in [0.2, 0.25) is 0 Å². The molecule has 1 atom stereocenters. The molecule has 2 heterocycles. The SMILES string of the molecule is Cc1cc(C)n(NC(=O)[C@H]2CC(=O)Nc3ccccc32)c(=O)c1. The van der Waals surface area contributed by atoms with E-state index in [2.05, 4.69) is 10.7 Å². The Kier molecular flexibility index (Phi) is 3.73. The van der Waals surface area contributed by atoms with Gasteiger partial charge in [0.2, 0.25) is 11.8 Å². The predicted octanol–water partition coefficient (Wildman–Crippen LogP) is 1.66. The van der Waals surface area contributed by atoms with Crippen molar-refractivity contribution >= 4 is 17.5 Å². The zero-order valence-corrected chi connectivity index (χ0v) is 12.9. The first kappa shape index (κ1) is 15.0. The lowest BCUT2D eigenvalue weighted by Crippen LogP contribution is -2.39. The van der Waals surface area contributed by atoms with E-state index in [9.17, 15) is 14.4 Å². The summed E-state index contributed by atoms with van der Waals surface area (Å²) in [6, 6.07) is 10.5. The van der Waals surface area contributed by atoms with E-state index in [4.69, 9.17) is 0 Å². The summed E-state index contributed by atoms with van der Waals surface area (Å²) < 4.78 is 1.21. The molecule has 2 amide bonds. The highest BCUT2D eigenvalue weighted by Crippen LogP contribution is 2.32. The maximum atomic E-state index is 12.6. The van der Waals surface area contributed by atoms with Gasteiger partial charge in [-0.3, -0.25) is 19.8 Å². The molecule has 6 nitrogen and oxygen atoms in total. The number of nitrogens with zero attached hydrogens (tertiary/aromatic N) is 1. The lowest BCUT2D eigenvalue weighted by atomic mass is 9.90. The van der Waals surface area contributed by atoms with Crippen molar-refractivity contribution in [1.82, 2.24) is 4.68 Å². The van der Waals surface area contributed by atoms with Crippen LogP contribution in [0.5, 0.6) is 0 Å². The number of pyridine rings is 1. The summed E-state index contributed by atoms with van der Waals surface area (Å²) in [6.45, 7) is 3.57. The van der Waals surface area contributed by atoms with Gasteiger partial charge in [-0.1, -0.05) is 18.2 Å². The van der Waals surface area contributed by atoms with E-state index in [1.54, 1.807) is 19.1 Å². The number of para-hydroxylation sites is 1. The van der Waals surface area contributed by atoms with Gasteiger partial charge >= 0.3 is 0 Å². The average Bonchev–Trinajstić information content (AvgIpc) is 2.49. The van der Waals surface area contributed by atoms with Gasteiger partial charge in [0.1, 0.15) is 0 Å². The summed E-state index contributed by atoms with van der Waals surface area (Å²) >= 11 is 0. The van der Waals surface area contributed by atoms with Crippen LogP contribution in [-0.2, 0) is 9.59 Å². The third-order valence-electron chi connectivity index (χ3n) is 3.90. The third kappa shape index (κ3) is 2.88. The molecule has 2 N–H and O–H groups in total. The molecule has 3 rings (SSSR count). The van der Waals surface area contributed by atoms with Crippen LogP contribution in [0, 0.1) is 13.8 Å². The van der Waals surface area contributed by atoms with Crippen molar-refractivity contribution in [3.05, 3.63) is 63.6 Å². The van der Waals surface area contributed by atoms with Gasteiger partial charge < -0.3 is 5.32 Å². The maximum absolute atomic E-state index is 12.6. The molecule has 0 unspecified atom stereocenters. The van der Waals surface area contributed by atoms with Crippen molar-refractivity contribution in [1.29, 1.82) is 0 Å². The molecule has 0 radical (unpaired) electrons. The Bertz CT molecular complexity index is 854. The van der Waals surface area contributed by atoms with Gasteiger partial charge in [0.15, 0.2) is 0 Å². The van der Waals surface area contributed by atoms with Crippen LogP contribution in [0.15, 0.2) is 41.2 Å². The van der Waals surface area contributed by atoms with Crippen molar-refractivity contribution in [3.63, 3.8) is 0 Å². The summed E-state index contributed by atoms with van der Waals surface area (Å²) in [5.74, 6) is -1.20. The number of carbonyl (C=O) groups is 2. The summed E-state index contributed by atoms with van der Waals surface area (Å²) in [6.07, 6.45) is 0.0580. The van der Waals surface area contributed by atoms with E-state index in [-0.39, 0.29) is 23.8 Å². The van der Waals surface area contributed by atoms with Gasteiger partial charge in [0, 0.05) is 23.9 Å². The number of carbonyl (C=O) groups excluding carboxylic acids is 2. The lowest BCUT2D eigenvalue weighted by molar-refractivity contribution is -0.123. The normalized spacial score (nSPS) is 16.4. The number of hydrogen-bond acceptors (Lipinski definition) is 3. The Labute approximate surface area is 133 Å². The molecule has 0 fully saturated rings. The zero-order chi connectivity index (χ0) is 16.6. The topological polar surface area (TPSA) is 80.2 Å². The third-order valence-corrected chi connectivity index (χ3v) is 3.90. The van der Waals surface area contributed by atoms with Gasteiger partial charge in [0.25, 0.3) is 5.56 Å². The molecule has 0 saturated heterocycles.